The van der Waals surface area contributed by atoms with Crippen LogP contribution >= 0.6 is 0 Å². The van der Waals surface area contributed by atoms with Crippen LogP contribution < -0.4 is 0 Å². The van der Waals surface area contributed by atoms with Crippen LogP contribution in [-0.2, 0) is 10.0 Å². The van der Waals surface area contributed by atoms with Gasteiger partial charge in [-0.2, -0.15) is 0 Å². The molecule has 0 spiro atoms. The Hall–Kier alpha value is -2.60. The second-order valence-corrected chi connectivity index (χ2v) is 6.80. The maximum Gasteiger partial charge on any atom is 0.265 e. The molecule has 112 valence electrons. The molecule has 0 aliphatic carbocycles. The van der Waals surface area contributed by atoms with E-state index in [4.69, 9.17) is 0 Å². The van der Waals surface area contributed by atoms with Crippen molar-refractivity contribution in [1.82, 2.24) is 4.31 Å². The minimum absolute atomic E-state index is 0.0490. The first-order chi connectivity index (χ1) is 10.4. The van der Waals surface area contributed by atoms with Gasteiger partial charge in [-0.3, -0.25) is 9.10 Å². The lowest BCUT2D eigenvalue weighted by atomic mass is 10.0. The van der Waals surface area contributed by atoms with Crippen molar-refractivity contribution in [1.29, 1.82) is 0 Å². The van der Waals surface area contributed by atoms with E-state index in [1.165, 1.54) is 19.2 Å². The van der Waals surface area contributed by atoms with Crippen molar-refractivity contribution < 1.29 is 18.3 Å². The van der Waals surface area contributed by atoms with Gasteiger partial charge in [0.15, 0.2) is 5.76 Å². The van der Waals surface area contributed by atoms with Gasteiger partial charge in [0, 0.05) is 18.2 Å². The predicted molar refractivity (Wildman–Crippen MR) is 81.7 cm³/mol. The molecule has 0 unspecified atom stereocenters. The van der Waals surface area contributed by atoms with Gasteiger partial charge in [0.05, 0.1) is 4.90 Å². The zero-order chi connectivity index (χ0) is 15.9. The summed E-state index contributed by atoms with van der Waals surface area (Å²) in [6, 6.07) is 14.4. The second kappa shape index (κ2) is 4.99. The Balaban J connectivity index is 2.30. The Bertz CT molecular complexity index is 885. The molecule has 0 radical (unpaired) electrons. The van der Waals surface area contributed by atoms with E-state index >= 15 is 0 Å². The van der Waals surface area contributed by atoms with E-state index in [1.807, 2.05) is 0 Å². The molecule has 0 bridgehead atoms. The van der Waals surface area contributed by atoms with Crippen molar-refractivity contribution in [2.24, 2.45) is 0 Å². The maximum absolute atomic E-state index is 12.6. The number of benzene rings is 2. The molecule has 1 aliphatic rings. The fourth-order valence-electron chi connectivity index (χ4n) is 2.41. The fourth-order valence-corrected chi connectivity index (χ4v) is 3.80. The number of Topliss-reactive ketones (excluding diaryl/α,β-unsaturated/α-hetero) is 1. The Labute approximate surface area is 128 Å². The molecule has 3 rings (SSSR count). The molecular weight excluding hydrogens is 302 g/mol. The van der Waals surface area contributed by atoms with Crippen LogP contribution in [0.5, 0.6) is 0 Å². The first-order valence-corrected chi connectivity index (χ1v) is 8.00. The third kappa shape index (κ3) is 2.00. The molecule has 6 heteroatoms. The van der Waals surface area contributed by atoms with Crippen LogP contribution in [0.4, 0.5) is 0 Å². The predicted octanol–water partition coefficient (Wildman–Crippen LogP) is 2.43. The largest absolute Gasteiger partial charge is 0.505 e. The van der Waals surface area contributed by atoms with Gasteiger partial charge in [-0.05, 0) is 12.1 Å². The van der Waals surface area contributed by atoms with E-state index in [1.54, 1.807) is 42.5 Å². The highest BCUT2D eigenvalue weighted by molar-refractivity contribution is 7.89. The number of aliphatic hydroxyl groups excluding tert-OH is 1. The molecule has 1 heterocycles. The summed E-state index contributed by atoms with van der Waals surface area (Å²) in [5.41, 5.74) is 0.204. The molecule has 2 aromatic rings. The van der Waals surface area contributed by atoms with E-state index in [0.29, 0.717) is 5.56 Å². The van der Waals surface area contributed by atoms with Gasteiger partial charge >= 0.3 is 0 Å². The molecule has 0 atom stereocenters. The Morgan fingerprint density at radius 1 is 1.00 bits per heavy atom. The molecule has 0 amide bonds. The van der Waals surface area contributed by atoms with Crippen LogP contribution in [0.1, 0.15) is 15.9 Å². The first kappa shape index (κ1) is 14.3. The Morgan fingerprint density at radius 3 is 2.27 bits per heavy atom. The van der Waals surface area contributed by atoms with Crippen molar-refractivity contribution in [3.05, 3.63) is 71.4 Å². The highest BCUT2D eigenvalue weighted by Crippen LogP contribution is 2.33. The van der Waals surface area contributed by atoms with Crippen molar-refractivity contribution in [3.8, 4) is 0 Å². The zero-order valence-corrected chi connectivity index (χ0v) is 12.5. The van der Waals surface area contributed by atoms with Gasteiger partial charge in [-0.15, -0.1) is 0 Å². The van der Waals surface area contributed by atoms with E-state index in [0.717, 1.165) is 4.31 Å². The van der Waals surface area contributed by atoms with Crippen LogP contribution in [0.3, 0.4) is 0 Å². The molecule has 0 fully saturated rings. The smallest absolute Gasteiger partial charge is 0.265 e. The Kier molecular flexibility index (Phi) is 3.26. The van der Waals surface area contributed by atoms with Crippen LogP contribution in [0.2, 0.25) is 0 Å². The number of sulfonamides is 1. The van der Waals surface area contributed by atoms with Crippen molar-refractivity contribution in [3.63, 3.8) is 0 Å². The quantitative estimate of drug-likeness (QED) is 0.648. The molecular formula is C16H13NO4S. The van der Waals surface area contributed by atoms with Gasteiger partial charge in [0.2, 0.25) is 5.78 Å². The van der Waals surface area contributed by atoms with Gasteiger partial charge in [0.25, 0.3) is 10.0 Å². The molecule has 1 N–H and O–H groups in total. The van der Waals surface area contributed by atoms with Gasteiger partial charge in [0.1, 0.15) is 5.70 Å². The number of carbonyl (C=O) groups is 1. The third-order valence-electron chi connectivity index (χ3n) is 3.57. The highest BCUT2D eigenvalue weighted by Gasteiger charge is 2.39. The van der Waals surface area contributed by atoms with Crippen molar-refractivity contribution >= 4 is 21.6 Å². The van der Waals surface area contributed by atoms with Crippen molar-refractivity contribution in [2.45, 2.75) is 4.90 Å². The second-order valence-electron chi connectivity index (χ2n) is 4.86. The average molecular weight is 315 g/mol. The topological polar surface area (TPSA) is 74.7 Å². The number of ketones is 1. The lowest BCUT2D eigenvalue weighted by molar-refractivity contribution is 0.100. The van der Waals surface area contributed by atoms with E-state index in [2.05, 4.69) is 0 Å². The number of allylic oxidation sites excluding steroid dienone is 1. The molecule has 22 heavy (non-hydrogen) atoms. The maximum atomic E-state index is 12.6. The summed E-state index contributed by atoms with van der Waals surface area (Å²) < 4.78 is 25.9. The van der Waals surface area contributed by atoms with E-state index in [9.17, 15) is 18.3 Å². The summed E-state index contributed by atoms with van der Waals surface area (Å²) in [5.74, 6) is -0.875. The number of likely N-dealkylation sites (N-methyl/N-ethyl adjacent to an activating group) is 1. The van der Waals surface area contributed by atoms with Crippen LogP contribution in [0.15, 0.2) is 65.2 Å². The number of hydrogen-bond donors (Lipinski definition) is 1. The molecule has 0 aromatic heterocycles. The average Bonchev–Trinajstić information content (AvgIpc) is 2.54. The SMILES string of the molecule is CN1C(=C(O)c2ccccc2)C(=O)c2ccccc2S1(=O)=O. The highest BCUT2D eigenvalue weighted by atomic mass is 32.2. The number of aliphatic hydroxyl groups is 1. The number of fused-ring (bicyclic) bond motifs is 1. The summed E-state index contributed by atoms with van der Waals surface area (Å²) in [4.78, 5) is 12.6. The summed E-state index contributed by atoms with van der Waals surface area (Å²) in [7, 11) is -2.60. The Morgan fingerprint density at radius 2 is 1.59 bits per heavy atom. The molecule has 0 saturated carbocycles. The van der Waals surface area contributed by atoms with Crippen molar-refractivity contribution in [2.75, 3.05) is 7.05 Å². The number of rotatable bonds is 1. The number of hydrogen-bond acceptors (Lipinski definition) is 4. The minimum atomic E-state index is -3.86. The summed E-state index contributed by atoms with van der Waals surface area (Å²) in [6.07, 6.45) is 0. The van der Waals surface area contributed by atoms with E-state index < -0.39 is 15.8 Å². The summed E-state index contributed by atoms with van der Waals surface area (Å²) in [6.45, 7) is 0. The monoisotopic (exact) mass is 315 g/mol. The van der Waals surface area contributed by atoms with E-state index in [-0.39, 0.29) is 21.9 Å². The standard InChI is InChI=1S/C16H13NO4S/c1-17-14(15(18)11-7-3-2-4-8-11)16(19)12-9-5-6-10-13(12)22(17,20)21/h2-10,18H,1H3. The molecule has 5 nitrogen and oxygen atoms in total. The van der Waals surface area contributed by atoms with Gasteiger partial charge in [-0.25, -0.2) is 8.42 Å². The molecule has 0 saturated heterocycles. The third-order valence-corrected chi connectivity index (χ3v) is 5.39. The first-order valence-electron chi connectivity index (χ1n) is 6.56. The van der Waals surface area contributed by atoms with Gasteiger partial charge < -0.3 is 5.11 Å². The summed E-state index contributed by atoms with van der Waals surface area (Å²) >= 11 is 0. The van der Waals surface area contributed by atoms with Gasteiger partial charge in [-0.1, -0.05) is 42.5 Å². The lowest BCUT2D eigenvalue weighted by Crippen LogP contribution is -2.37. The fraction of sp³-hybridized carbons (Fsp3) is 0.0625. The van der Waals surface area contributed by atoms with Crippen LogP contribution in [0.25, 0.3) is 5.76 Å². The number of carbonyl (C=O) groups excluding carboxylic acids is 1. The minimum Gasteiger partial charge on any atom is -0.505 e. The summed E-state index contributed by atoms with van der Waals surface area (Å²) in [5, 5.41) is 10.4. The van der Waals surface area contributed by atoms with Crippen LogP contribution in [0, 0.1) is 0 Å². The zero-order valence-electron chi connectivity index (χ0n) is 11.7. The van der Waals surface area contributed by atoms with Crippen LogP contribution in [-0.4, -0.2) is 30.7 Å². The number of nitrogens with zero attached hydrogens (tertiary/aromatic N) is 1. The molecule has 1 aliphatic heterocycles. The molecule has 2 aromatic carbocycles. The lowest BCUT2D eigenvalue weighted by Gasteiger charge is -2.28. The normalized spacial score (nSPS) is 18.8.